The van der Waals surface area contributed by atoms with Crippen LogP contribution in [0.4, 0.5) is 5.69 Å². The molecular weight excluding hydrogens is 419 g/mol. The average Bonchev–Trinajstić information content (AvgIpc) is 3.15. The molecule has 0 saturated carbocycles. The largest absolute Gasteiger partial charge is 0.316 e. The Labute approximate surface area is 189 Å². The van der Waals surface area contributed by atoms with Crippen LogP contribution in [0.15, 0.2) is 36.4 Å². The Morgan fingerprint density at radius 1 is 1.03 bits per heavy atom. The molecular formula is C24H28Cl2N2O2. The molecule has 2 aliphatic rings. The lowest BCUT2D eigenvalue weighted by Gasteiger charge is -2.25. The summed E-state index contributed by atoms with van der Waals surface area (Å²) in [6, 6.07) is 12.0. The van der Waals surface area contributed by atoms with Crippen LogP contribution in [0, 0.1) is 0 Å². The quantitative estimate of drug-likeness (QED) is 0.445. The van der Waals surface area contributed by atoms with Crippen molar-refractivity contribution >= 4 is 41.4 Å². The van der Waals surface area contributed by atoms with Crippen LogP contribution in [0.25, 0.3) is 0 Å². The lowest BCUT2D eigenvalue weighted by atomic mass is 9.94. The van der Waals surface area contributed by atoms with Crippen molar-refractivity contribution in [3.8, 4) is 0 Å². The van der Waals surface area contributed by atoms with Crippen molar-refractivity contribution in [2.45, 2.75) is 44.9 Å². The highest BCUT2D eigenvalue weighted by Crippen LogP contribution is 2.37. The molecule has 160 valence electrons. The number of hydrogen-bond acceptors (Lipinski definition) is 3. The van der Waals surface area contributed by atoms with E-state index in [-0.39, 0.29) is 24.1 Å². The summed E-state index contributed by atoms with van der Waals surface area (Å²) in [6.07, 6.45) is 5.60. The van der Waals surface area contributed by atoms with Gasteiger partial charge in [0.1, 0.15) is 0 Å². The van der Waals surface area contributed by atoms with Crippen LogP contribution in [-0.2, 0) is 24.1 Å². The first-order valence-electron chi connectivity index (χ1n) is 10.6. The van der Waals surface area contributed by atoms with Gasteiger partial charge in [-0.25, -0.2) is 0 Å². The molecule has 2 aliphatic heterocycles. The van der Waals surface area contributed by atoms with Crippen molar-refractivity contribution in [1.82, 2.24) is 5.32 Å². The first-order chi connectivity index (χ1) is 14.1. The zero-order chi connectivity index (χ0) is 20.2. The molecule has 0 fully saturated rings. The Morgan fingerprint density at radius 3 is 2.63 bits per heavy atom. The van der Waals surface area contributed by atoms with E-state index >= 15 is 0 Å². The second-order valence-electron chi connectivity index (χ2n) is 7.95. The number of amides is 1. The van der Waals surface area contributed by atoms with E-state index in [9.17, 15) is 9.59 Å². The zero-order valence-electron chi connectivity index (χ0n) is 17.1. The summed E-state index contributed by atoms with van der Waals surface area (Å²) in [5, 5.41) is 4.22. The number of benzene rings is 2. The Morgan fingerprint density at radius 2 is 1.83 bits per heavy atom. The number of hydrogen-bond donors (Lipinski definition) is 1. The van der Waals surface area contributed by atoms with E-state index in [2.05, 4.69) is 11.4 Å². The number of halogens is 2. The van der Waals surface area contributed by atoms with E-state index in [4.69, 9.17) is 11.6 Å². The van der Waals surface area contributed by atoms with E-state index in [1.807, 2.05) is 35.2 Å². The molecule has 0 aromatic heterocycles. The first kappa shape index (κ1) is 22.8. The van der Waals surface area contributed by atoms with Crippen molar-refractivity contribution in [1.29, 1.82) is 0 Å². The molecule has 1 N–H and O–H groups in total. The second kappa shape index (κ2) is 10.4. The van der Waals surface area contributed by atoms with Gasteiger partial charge in [0.15, 0.2) is 5.78 Å². The van der Waals surface area contributed by atoms with E-state index in [0.717, 1.165) is 68.0 Å². The number of Topliss-reactive ketones (excluding diaryl/α,β-unsaturated/α-hetero) is 1. The van der Waals surface area contributed by atoms with Crippen LogP contribution >= 0.6 is 24.0 Å². The van der Waals surface area contributed by atoms with Crippen LogP contribution in [0.3, 0.4) is 0 Å². The summed E-state index contributed by atoms with van der Waals surface area (Å²) in [5.41, 5.74) is 5.48. The number of ketones is 1. The van der Waals surface area contributed by atoms with Gasteiger partial charge < -0.3 is 10.2 Å². The fourth-order valence-electron chi connectivity index (χ4n) is 4.35. The molecule has 0 unspecified atom stereocenters. The van der Waals surface area contributed by atoms with Gasteiger partial charge in [0.2, 0.25) is 5.91 Å². The number of anilines is 1. The SMILES string of the molecule is Cl.O=C(CCCCNCCc1cccc(Cl)c1)c1cc2c3c(c1)CCN3C(=O)CC2. The molecule has 6 heteroatoms. The van der Waals surface area contributed by atoms with Crippen molar-refractivity contribution < 1.29 is 9.59 Å². The maximum Gasteiger partial charge on any atom is 0.227 e. The molecule has 30 heavy (non-hydrogen) atoms. The van der Waals surface area contributed by atoms with Crippen LogP contribution in [0.1, 0.15) is 52.7 Å². The van der Waals surface area contributed by atoms with E-state index < -0.39 is 0 Å². The van der Waals surface area contributed by atoms with Gasteiger partial charge in [-0.3, -0.25) is 9.59 Å². The molecule has 4 rings (SSSR count). The molecule has 0 saturated heterocycles. The van der Waals surface area contributed by atoms with E-state index in [1.54, 1.807) is 0 Å². The van der Waals surface area contributed by atoms with Gasteiger partial charge in [0.25, 0.3) is 0 Å². The third-order valence-electron chi connectivity index (χ3n) is 5.86. The Kier molecular flexibility index (Phi) is 7.93. The molecule has 0 spiro atoms. The van der Waals surface area contributed by atoms with Crippen molar-refractivity contribution in [3.63, 3.8) is 0 Å². The lowest BCUT2D eigenvalue weighted by Crippen LogP contribution is -2.32. The maximum atomic E-state index is 12.7. The normalized spacial score (nSPS) is 14.4. The smallest absolute Gasteiger partial charge is 0.227 e. The highest BCUT2D eigenvalue weighted by molar-refractivity contribution is 6.30. The summed E-state index contributed by atoms with van der Waals surface area (Å²) >= 11 is 6.00. The summed E-state index contributed by atoms with van der Waals surface area (Å²) in [5.74, 6) is 0.441. The monoisotopic (exact) mass is 446 g/mol. The van der Waals surface area contributed by atoms with Gasteiger partial charge in [-0.15, -0.1) is 12.4 Å². The number of carbonyl (C=O) groups excluding carboxylic acids is 2. The highest BCUT2D eigenvalue weighted by atomic mass is 35.5. The number of aryl methyl sites for hydroxylation is 1. The summed E-state index contributed by atoms with van der Waals surface area (Å²) < 4.78 is 0. The minimum Gasteiger partial charge on any atom is -0.316 e. The van der Waals surface area contributed by atoms with Crippen molar-refractivity contribution in [2.75, 3.05) is 24.5 Å². The number of nitrogens with zero attached hydrogens (tertiary/aromatic N) is 1. The van der Waals surface area contributed by atoms with Gasteiger partial charge in [-0.2, -0.15) is 0 Å². The third-order valence-corrected chi connectivity index (χ3v) is 6.10. The Hall–Kier alpha value is -1.88. The summed E-state index contributed by atoms with van der Waals surface area (Å²) in [4.78, 5) is 26.6. The summed E-state index contributed by atoms with van der Waals surface area (Å²) in [6.45, 7) is 2.59. The van der Waals surface area contributed by atoms with Gasteiger partial charge in [0.05, 0.1) is 5.69 Å². The average molecular weight is 447 g/mol. The Bertz CT molecular complexity index is 929. The predicted molar refractivity (Wildman–Crippen MR) is 124 cm³/mol. The molecule has 0 radical (unpaired) electrons. The summed E-state index contributed by atoms with van der Waals surface area (Å²) in [7, 11) is 0. The topological polar surface area (TPSA) is 49.4 Å². The molecule has 0 atom stereocenters. The van der Waals surface area contributed by atoms with E-state index in [1.165, 1.54) is 16.7 Å². The number of carbonyl (C=O) groups is 2. The van der Waals surface area contributed by atoms with Gasteiger partial charge >= 0.3 is 0 Å². The zero-order valence-corrected chi connectivity index (χ0v) is 18.7. The Balaban J connectivity index is 0.00000256. The van der Waals surface area contributed by atoms with Crippen LogP contribution < -0.4 is 10.2 Å². The molecule has 2 heterocycles. The number of nitrogens with one attached hydrogen (secondary N) is 1. The fraction of sp³-hybridized carbons (Fsp3) is 0.417. The fourth-order valence-corrected chi connectivity index (χ4v) is 4.56. The van der Waals surface area contributed by atoms with Gasteiger partial charge in [-0.05, 0) is 86.1 Å². The molecule has 0 aliphatic carbocycles. The molecule has 0 bridgehead atoms. The van der Waals surface area contributed by atoms with Crippen LogP contribution in [-0.4, -0.2) is 31.3 Å². The third kappa shape index (κ3) is 5.23. The standard InChI is InChI=1S/C24H27ClN2O2.ClH/c25-21-5-3-4-17(14-21)9-12-26-11-2-1-6-22(28)20-15-18-7-8-23(29)27-13-10-19(16-20)24(18)27;/h3-5,14-16,26H,1-2,6-13H2;1H. The maximum absolute atomic E-state index is 12.7. The molecule has 1 amide bonds. The minimum absolute atomic E-state index is 0. The van der Waals surface area contributed by atoms with Gasteiger partial charge in [-0.1, -0.05) is 23.7 Å². The molecule has 2 aromatic rings. The van der Waals surface area contributed by atoms with Crippen LogP contribution in [0.2, 0.25) is 5.02 Å². The lowest BCUT2D eigenvalue weighted by molar-refractivity contribution is -0.118. The first-order valence-corrected chi connectivity index (χ1v) is 10.9. The van der Waals surface area contributed by atoms with Crippen molar-refractivity contribution in [2.24, 2.45) is 0 Å². The van der Waals surface area contributed by atoms with Crippen molar-refractivity contribution in [3.05, 3.63) is 63.7 Å². The predicted octanol–water partition coefficient (Wildman–Crippen LogP) is 4.78. The second-order valence-corrected chi connectivity index (χ2v) is 8.39. The highest BCUT2D eigenvalue weighted by Gasteiger charge is 2.31. The molecule has 4 nitrogen and oxygen atoms in total. The van der Waals surface area contributed by atoms with E-state index in [0.29, 0.717) is 12.8 Å². The van der Waals surface area contributed by atoms with Gasteiger partial charge in [0, 0.05) is 30.0 Å². The van der Waals surface area contributed by atoms with Crippen LogP contribution in [0.5, 0.6) is 0 Å². The molecule has 2 aromatic carbocycles. The number of unbranched alkanes of at least 4 members (excludes halogenated alkanes) is 1. The number of rotatable bonds is 9. The minimum atomic E-state index is 0.